The molecule has 0 aromatic carbocycles. The molecule has 1 unspecified atom stereocenters. The molecule has 1 atom stereocenters. The molecule has 2 aromatic heterocycles. The van der Waals surface area contributed by atoms with Gasteiger partial charge in [-0.05, 0) is 61.0 Å². The van der Waals surface area contributed by atoms with Gasteiger partial charge in [-0.1, -0.05) is 0 Å². The van der Waals surface area contributed by atoms with Crippen LogP contribution in [0.2, 0.25) is 0 Å². The predicted molar refractivity (Wildman–Crippen MR) is 64.4 cm³/mol. The third-order valence-electron chi connectivity index (χ3n) is 3.23. The maximum Gasteiger partial charge on any atom is 0.153 e. The van der Waals surface area contributed by atoms with Crippen molar-refractivity contribution in [1.82, 2.24) is 4.37 Å². The summed E-state index contributed by atoms with van der Waals surface area (Å²) in [6.45, 7) is 0.785. The van der Waals surface area contributed by atoms with Gasteiger partial charge in [0.25, 0.3) is 0 Å². The zero-order chi connectivity index (χ0) is 11.0. The Bertz CT molecular complexity index is 475. The Morgan fingerprint density at radius 1 is 1.56 bits per heavy atom. The first-order valence-corrected chi connectivity index (χ1v) is 6.37. The summed E-state index contributed by atoms with van der Waals surface area (Å²) < 4.78 is 9.93. The topological polar surface area (TPSA) is 52.0 Å². The van der Waals surface area contributed by atoms with Crippen molar-refractivity contribution in [2.45, 2.75) is 19.3 Å². The molecule has 2 heterocycles. The lowest BCUT2D eigenvalue weighted by molar-refractivity contribution is 0.474. The highest BCUT2D eigenvalue weighted by Gasteiger charge is 2.24. The van der Waals surface area contributed by atoms with Crippen molar-refractivity contribution in [1.29, 1.82) is 0 Å². The Hall–Kier alpha value is -1.13. The summed E-state index contributed by atoms with van der Waals surface area (Å²) in [7, 11) is 0. The second kappa shape index (κ2) is 4.03. The Morgan fingerprint density at radius 2 is 2.50 bits per heavy atom. The van der Waals surface area contributed by atoms with E-state index < -0.39 is 0 Å². The van der Waals surface area contributed by atoms with Crippen molar-refractivity contribution in [2.24, 2.45) is 11.7 Å². The lowest BCUT2D eigenvalue weighted by Crippen LogP contribution is -2.21. The highest BCUT2D eigenvalue weighted by Crippen LogP contribution is 2.35. The van der Waals surface area contributed by atoms with E-state index in [1.165, 1.54) is 16.9 Å². The van der Waals surface area contributed by atoms with Crippen molar-refractivity contribution in [3.05, 3.63) is 28.8 Å². The third-order valence-corrected chi connectivity index (χ3v) is 4.14. The lowest BCUT2D eigenvalue weighted by atomic mass is 9.88. The zero-order valence-electron chi connectivity index (χ0n) is 8.98. The van der Waals surface area contributed by atoms with Crippen LogP contribution in [-0.2, 0) is 12.8 Å². The van der Waals surface area contributed by atoms with E-state index in [0.29, 0.717) is 5.92 Å². The molecule has 1 aliphatic carbocycles. The molecule has 0 spiro atoms. The summed E-state index contributed by atoms with van der Waals surface area (Å²) in [5, 5.41) is 0. The van der Waals surface area contributed by atoms with Crippen LogP contribution in [-0.4, -0.2) is 10.9 Å². The van der Waals surface area contributed by atoms with Crippen LogP contribution in [0.4, 0.5) is 0 Å². The minimum Gasteiger partial charge on any atom is -0.463 e. The molecule has 0 fully saturated rings. The first kappa shape index (κ1) is 10.1. The van der Waals surface area contributed by atoms with Crippen LogP contribution in [0, 0.1) is 5.92 Å². The van der Waals surface area contributed by atoms with Crippen molar-refractivity contribution < 1.29 is 4.42 Å². The zero-order valence-corrected chi connectivity index (χ0v) is 9.80. The number of aromatic nitrogens is 1. The van der Waals surface area contributed by atoms with Gasteiger partial charge in [0.1, 0.15) is 5.69 Å². The second-order valence-electron chi connectivity index (χ2n) is 4.25. The minimum atomic E-state index is 0.636. The van der Waals surface area contributed by atoms with E-state index in [1.807, 2.05) is 12.1 Å². The van der Waals surface area contributed by atoms with Gasteiger partial charge in [-0.2, -0.15) is 4.37 Å². The molecule has 16 heavy (non-hydrogen) atoms. The monoisotopic (exact) mass is 234 g/mol. The molecular formula is C12H14N2OS. The summed E-state index contributed by atoms with van der Waals surface area (Å²) in [5.74, 6) is 1.53. The van der Waals surface area contributed by atoms with Gasteiger partial charge < -0.3 is 10.2 Å². The molecule has 0 saturated carbocycles. The normalized spacial score (nSPS) is 19.7. The summed E-state index contributed by atoms with van der Waals surface area (Å²) >= 11 is 1.60. The number of nitrogens with two attached hydrogens (primary N) is 1. The van der Waals surface area contributed by atoms with Crippen LogP contribution in [0.3, 0.4) is 0 Å². The molecule has 2 N–H and O–H groups in total. The summed E-state index contributed by atoms with van der Waals surface area (Å²) in [5.41, 5.74) is 8.15. The Balaban J connectivity index is 1.97. The second-order valence-corrected chi connectivity index (χ2v) is 5.11. The van der Waals surface area contributed by atoms with Gasteiger partial charge in [-0.15, -0.1) is 0 Å². The third kappa shape index (κ3) is 1.58. The fourth-order valence-electron chi connectivity index (χ4n) is 2.28. The molecule has 0 aliphatic heterocycles. The van der Waals surface area contributed by atoms with Gasteiger partial charge >= 0.3 is 0 Å². The van der Waals surface area contributed by atoms with E-state index in [-0.39, 0.29) is 0 Å². The number of nitrogens with zero attached hydrogens (tertiary/aromatic N) is 1. The maximum atomic E-state index is 5.73. The molecule has 2 aromatic rings. The number of fused-ring (bicyclic) bond motifs is 1. The molecule has 3 rings (SSSR count). The van der Waals surface area contributed by atoms with Crippen molar-refractivity contribution in [2.75, 3.05) is 6.54 Å². The molecule has 0 amide bonds. The summed E-state index contributed by atoms with van der Waals surface area (Å²) in [6, 6.07) is 3.89. The first-order valence-electron chi connectivity index (χ1n) is 5.60. The predicted octanol–water partition coefficient (Wildman–Crippen LogP) is 2.47. The van der Waals surface area contributed by atoms with Gasteiger partial charge in [-0.25, -0.2) is 0 Å². The van der Waals surface area contributed by atoms with E-state index in [9.17, 15) is 0 Å². The van der Waals surface area contributed by atoms with E-state index in [2.05, 4.69) is 4.37 Å². The van der Waals surface area contributed by atoms with Gasteiger partial charge in [0.15, 0.2) is 5.76 Å². The van der Waals surface area contributed by atoms with E-state index >= 15 is 0 Å². The summed E-state index contributed by atoms with van der Waals surface area (Å²) in [6.07, 6.45) is 5.05. The van der Waals surface area contributed by atoms with Gasteiger partial charge in [0.2, 0.25) is 0 Å². The first-order chi connectivity index (χ1) is 7.88. The lowest BCUT2D eigenvalue weighted by Gasteiger charge is -2.19. The van der Waals surface area contributed by atoms with Crippen molar-refractivity contribution in [3.63, 3.8) is 0 Å². The molecule has 4 heteroatoms. The summed E-state index contributed by atoms with van der Waals surface area (Å²) in [4.78, 5) is 1.40. The smallest absolute Gasteiger partial charge is 0.153 e. The quantitative estimate of drug-likeness (QED) is 0.868. The number of hydrogen-bond donors (Lipinski definition) is 1. The molecule has 1 aliphatic rings. The number of rotatable bonds is 2. The fraction of sp³-hybridized carbons (Fsp3) is 0.417. The molecule has 3 nitrogen and oxygen atoms in total. The van der Waals surface area contributed by atoms with E-state index in [0.717, 1.165) is 30.8 Å². The van der Waals surface area contributed by atoms with Gasteiger partial charge in [0, 0.05) is 4.88 Å². The van der Waals surface area contributed by atoms with Crippen LogP contribution in [0.15, 0.2) is 22.8 Å². The van der Waals surface area contributed by atoms with Gasteiger partial charge in [0.05, 0.1) is 6.26 Å². The van der Waals surface area contributed by atoms with Crippen LogP contribution >= 0.6 is 11.5 Å². The number of furan rings is 1. The molecule has 0 saturated heterocycles. The van der Waals surface area contributed by atoms with Crippen LogP contribution in [0.5, 0.6) is 0 Å². The molecule has 0 bridgehead atoms. The van der Waals surface area contributed by atoms with Crippen LogP contribution in [0.25, 0.3) is 11.5 Å². The Kier molecular flexibility index (Phi) is 2.53. The minimum absolute atomic E-state index is 0.636. The maximum absolute atomic E-state index is 5.73. The molecule has 84 valence electrons. The average molecular weight is 234 g/mol. The van der Waals surface area contributed by atoms with Crippen molar-refractivity contribution in [3.8, 4) is 11.5 Å². The SMILES string of the molecule is NCC1CCc2c(-c3ccco3)nsc2C1. The van der Waals surface area contributed by atoms with Crippen LogP contribution in [0.1, 0.15) is 16.9 Å². The van der Waals surface area contributed by atoms with Crippen LogP contribution < -0.4 is 5.73 Å². The van der Waals surface area contributed by atoms with Crippen molar-refractivity contribution >= 4 is 11.5 Å². The highest BCUT2D eigenvalue weighted by molar-refractivity contribution is 7.06. The highest BCUT2D eigenvalue weighted by atomic mass is 32.1. The largest absolute Gasteiger partial charge is 0.463 e. The Labute approximate surface area is 98.4 Å². The molecular weight excluding hydrogens is 220 g/mol. The van der Waals surface area contributed by atoms with E-state index in [4.69, 9.17) is 10.2 Å². The van der Waals surface area contributed by atoms with Gasteiger partial charge in [-0.3, -0.25) is 0 Å². The van der Waals surface area contributed by atoms with E-state index in [1.54, 1.807) is 17.8 Å². The number of hydrogen-bond acceptors (Lipinski definition) is 4. The standard InChI is InChI=1S/C12H14N2OS/c13-7-8-3-4-9-11(6-8)16-14-12(9)10-2-1-5-15-10/h1-2,5,8H,3-4,6-7,13H2. The fourth-order valence-corrected chi connectivity index (χ4v) is 3.30. The average Bonchev–Trinajstić information content (AvgIpc) is 2.96. The molecule has 0 radical (unpaired) electrons. The Morgan fingerprint density at radius 3 is 3.25 bits per heavy atom.